The van der Waals surface area contributed by atoms with Crippen LogP contribution in [-0.2, 0) is 0 Å². The molecule has 0 amide bonds. The molecule has 0 saturated heterocycles. The molecule has 3 aromatic carbocycles. The van der Waals surface area contributed by atoms with Crippen LogP contribution in [0.1, 0.15) is 41.0 Å². The van der Waals surface area contributed by atoms with E-state index in [9.17, 15) is 0 Å². The first kappa shape index (κ1) is 13.8. The number of hydrogen-bond acceptors (Lipinski definition) is 0. The summed E-state index contributed by atoms with van der Waals surface area (Å²) in [6.07, 6.45) is 0. The third-order valence-electron chi connectivity index (χ3n) is 5.75. The van der Waals surface area contributed by atoms with Crippen LogP contribution in [0, 0.1) is 5.92 Å². The monoisotopic (exact) mass is 308 g/mol. The Balaban J connectivity index is 1.72. The number of allylic oxidation sites excluding steroid dienone is 2. The van der Waals surface area contributed by atoms with Crippen molar-refractivity contribution in [3.05, 3.63) is 107 Å². The van der Waals surface area contributed by atoms with Crippen molar-refractivity contribution < 1.29 is 0 Å². The van der Waals surface area contributed by atoms with Gasteiger partial charge in [0.25, 0.3) is 0 Å². The topological polar surface area (TPSA) is 0 Å². The summed E-state index contributed by atoms with van der Waals surface area (Å²) >= 11 is 0. The predicted octanol–water partition coefficient (Wildman–Crippen LogP) is 6.13. The summed E-state index contributed by atoms with van der Waals surface area (Å²) in [5, 5.41) is 0. The molecule has 3 aromatic rings. The Bertz CT molecular complexity index is 915. The van der Waals surface area contributed by atoms with Crippen LogP contribution in [0.3, 0.4) is 0 Å². The van der Waals surface area contributed by atoms with E-state index in [-0.39, 0.29) is 0 Å². The van der Waals surface area contributed by atoms with Gasteiger partial charge in [-0.3, -0.25) is 0 Å². The molecule has 0 bridgehead atoms. The van der Waals surface area contributed by atoms with Crippen molar-refractivity contribution in [1.29, 1.82) is 0 Å². The number of rotatable bonds is 2. The zero-order valence-corrected chi connectivity index (χ0v) is 13.8. The highest BCUT2D eigenvalue weighted by Crippen LogP contribution is 2.69. The van der Waals surface area contributed by atoms with Crippen molar-refractivity contribution >= 4 is 11.1 Å². The molecule has 0 heterocycles. The molecule has 3 unspecified atom stereocenters. The molecule has 0 N–H and O–H groups in total. The van der Waals surface area contributed by atoms with E-state index in [2.05, 4.69) is 91.9 Å². The second-order valence-electron chi connectivity index (χ2n) is 6.98. The molecule has 0 nitrogen and oxygen atoms in total. The van der Waals surface area contributed by atoms with Crippen molar-refractivity contribution in [3.8, 4) is 0 Å². The van der Waals surface area contributed by atoms with E-state index in [0.717, 1.165) is 0 Å². The average molecular weight is 308 g/mol. The van der Waals surface area contributed by atoms with Crippen molar-refractivity contribution in [2.24, 2.45) is 5.92 Å². The molecular formula is C24H20. The molecule has 0 aromatic heterocycles. The normalized spacial score (nSPS) is 24.3. The van der Waals surface area contributed by atoms with Gasteiger partial charge in [-0.1, -0.05) is 84.9 Å². The fourth-order valence-electron chi connectivity index (χ4n) is 4.70. The van der Waals surface area contributed by atoms with Crippen LogP contribution in [0.4, 0.5) is 0 Å². The summed E-state index contributed by atoms with van der Waals surface area (Å²) in [4.78, 5) is 0. The Morgan fingerprint density at radius 1 is 0.583 bits per heavy atom. The highest BCUT2D eigenvalue weighted by atomic mass is 14.6. The SMILES string of the molecule is CC1=C(c2ccccc2)C2C(c3ccccc3)C2c2ccccc21. The summed E-state index contributed by atoms with van der Waals surface area (Å²) in [7, 11) is 0. The van der Waals surface area contributed by atoms with Crippen LogP contribution in [-0.4, -0.2) is 0 Å². The Kier molecular flexibility index (Phi) is 2.99. The van der Waals surface area contributed by atoms with Crippen LogP contribution < -0.4 is 0 Å². The van der Waals surface area contributed by atoms with Crippen molar-refractivity contribution in [2.45, 2.75) is 18.8 Å². The fraction of sp³-hybridized carbons (Fsp3) is 0.167. The summed E-state index contributed by atoms with van der Waals surface area (Å²) in [5.41, 5.74) is 8.84. The molecule has 1 fully saturated rings. The van der Waals surface area contributed by atoms with Crippen LogP contribution in [0.5, 0.6) is 0 Å². The van der Waals surface area contributed by atoms with Gasteiger partial charge in [-0.2, -0.15) is 0 Å². The largest absolute Gasteiger partial charge is 0.0622 e. The first-order valence-corrected chi connectivity index (χ1v) is 8.76. The summed E-state index contributed by atoms with van der Waals surface area (Å²) in [6, 6.07) is 31.0. The maximum absolute atomic E-state index is 2.33. The Morgan fingerprint density at radius 3 is 1.96 bits per heavy atom. The predicted molar refractivity (Wildman–Crippen MR) is 101 cm³/mol. The zero-order chi connectivity index (χ0) is 16.1. The Hall–Kier alpha value is -2.60. The third kappa shape index (κ3) is 1.93. The van der Waals surface area contributed by atoms with Crippen molar-refractivity contribution in [3.63, 3.8) is 0 Å². The molecule has 1 saturated carbocycles. The minimum absolute atomic E-state index is 0.611. The van der Waals surface area contributed by atoms with Gasteiger partial charge in [-0.15, -0.1) is 0 Å². The highest BCUT2D eigenvalue weighted by Gasteiger charge is 2.56. The molecule has 3 atom stereocenters. The van der Waals surface area contributed by atoms with E-state index >= 15 is 0 Å². The van der Waals surface area contributed by atoms with Gasteiger partial charge in [0.2, 0.25) is 0 Å². The van der Waals surface area contributed by atoms with Gasteiger partial charge < -0.3 is 0 Å². The van der Waals surface area contributed by atoms with Gasteiger partial charge in [-0.25, -0.2) is 0 Å². The lowest BCUT2D eigenvalue weighted by Gasteiger charge is -2.21. The highest BCUT2D eigenvalue weighted by molar-refractivity contribution is 5.97. The number of hydrogen-bond donors (Lipinski definition) is 0. The number of benzene rings is 3. The Morgan fingerprint density at radius 2 is 1.21 bits per heavy atom. The second kappa shape index (κ2) is 5.21. The maximum atomic E-state index is 2.33. The summed E-state index contributed by atoms with van der Waals surface area (Å²) in [6.45, 7) is 2.30. The van der Waals surface area contributed by atoms with E-state index in [4.69, 9.17) is 0 Å². The first-order valence-electron chi connectivity index (χ1n) is 8.76. The maximum Gasteiger partial charge on any atom is -0.000305 e. The molecule has 0 aliphatic heterocycles. The van der Waals surface area contributed by atoms with Crippen LogP contribution >= 0.6 is 0 Å². The van der Waals surface area contributed by atoms with Gasteiger partial charge in [0.15, 0.2) is 0 Å². The van der Waals surface area contributed by atoms with E-state index in [0.29, 0.717) is 17.8 Å². The lowest BCUT2D eigenvalue weighted by Crippen LogP contribution is -2.02. The minimum Gasteiger partial charge on any atom is -0.0622 e. The van der Waals surface area contributed by atoms with Crippen LogP contribution in [0.15, 0.2) is 84.9 Å². The molecule has 2 aliphatic carbocycles. The van der Waals surface area contributed by atoms with Gasteiger partial charge in [0.1, 0.15) is 0 Å². The standard InChI is InChI=1S/C24H20/c1-16-19-14-8-9-15-20(19)23-22(18-12-6-3-7-13-18)24(23)21(16)17-10-4-2-5-11-17/h2-15,22-24H,1H3. The summed E-state index contributed by atoms with van der Waals surface area (Å²) < 4.78 is 0. The average Bonchev–Trinajstić information content (AvgIpc) is 3.39. The van der Waals surface area contributed by atoms with Crippen molar-refractivity contribution in [1.82, 2.24) is 0 Å². The smallest absolute Gasteiger partial charge is 0.000305 e. The lowest BCUT2D eigenvalue weighted by molar-refractivity contribution is 1.00. The van der Waals surface area contributed by atoms with Gasteiger partial charge >= 0.3 is 0 Å². The molecular weight excluding hydrogens is 288 g/mol. The van der Waals surface area contributed by atoms with Gasteiger partial charge in [0, 0.05) is 0 Å². The molecule has 24 heavy (non-hydrogen) atoms. The molecule has 0 heteroatoms. The van der Waals surface area contributed by atoms with E-state index in [1.165, 1.54) is 27.8 Å². The van der Waals surface area contributed by atoms with E-state index in [1.807, 2.05) is 0 Å². The fourth-order valence-corrected chi connectivity index (χ4v) is 4.70. The second-order valence-corrected chi connectivity index (χ2v) is 6.98. The lowest BCUT2D eigenvalue weighted by atomic mass is 9.83. The molecule has 2 aliphatic rings. The van der Waals surface area contributed by atoms with Crippen LogP contribution in [0.2, 0.25) is 0 Å². The third-order valence-corrected chi connectivity index (χ3v) is 5.75. The molecule has 116 valence electrons. The molecule has 0 radical (unpaired) electrons. The molecule has 5 rings (SSSR count). The van der Waals surface area contributed by atoms with Gasteiger partial charge in [-0.05, 0) is 58.1 Å². The Labute approximate surface area is 143 Å². The van der Waals surface area contributed by atoms with E-state index < -0.39 is 0 Å². The van der Waals surface area contributed by atoms with Crippen LogP contribution in [0.25, 0.3) is 11.1 Å². The quantitative estimate of drug-likeness (QED) is 0.534. The van der Waals surface area contributed by atoms with Gasteiger partial charge in [0.05, 0.1) is 0 Å². The summed E-state index contributed by atoms with van der Waals surface area (Å²) in [5.74, 6) is 1.85. The van der Waals surface area contributed by atoms with Crippen molar-refractivity contribution in [2.75, 3.05) is 0 Å². The zero-order valence-electron chi connectivity index (χ0n) is 13.8. The number of fused-ring (bicyclic) bond motifs is 3. The molecule has 0 spiro atoms. The first-order chi connectivity index (χ1) is 11.9. The minimum atomic E-state index is 0.611. The van der Waals surface area contributed by atoms with E-state index in [1.54, 1.807) is 5.57 Å².